The lowest BCUT2D eigenvalue weighted by molar-refractivity contribution is -0.385. The Morgan fingerprint density at radius 3 is 1.00 bits per heavy atom. The quantitative estimate of drug-likeness (QED) is 0.00964. The summed E-state index contributed by atoms with van der Waals surface area (Å²) in [5.74, 6) is -5.83. The number of hydrogen-bond donors (Lipinski definition) is 6. The summed E-state index contributed by atoms with van der Waals surface area (Å²) in [5.41, 5.74) is 7.23. The van der Waals surface area contributed by atoms with Crippen molar-refractivity contribution < 1.29 is 88.3 Å². The third-order valence-corrected chi connectivity index (χ3v) is 22.1. The van der Waals surface area contributed by atoms with E-state index in [9.17, 15) is 79.0 Å². The molecule has 0 atom stereocenters. The van der Waals surface area contributed by atoms with Crippen molar-refractivity contribution in [3.05, 3.63) is 262 Å². The molecule has 6 aromatic heterocycles. The molecule has 0 aliphatic heterocycles. The second-order valence-corrected chi connectivity index (χ2v) is 30.7. The Morgan fingerprint density at radius 1 is 0.387 bits per heavy atom. The molecule has 0 aliphatic carbocycles. The molecular weight excluding hydrogens is 1730 g/mol. The molecule has 0 amide bonds. The number of benzene rings is 6. The van der Waals surface area contributed by atoms with Crippen molar-refractivity contribution in [2.75, 3.05) is 40.4 Å². The number of ether oxygens (including phenoxy) is 2. The minimum absolute atomic E-state index is 0.0245. The molecule has 640 valence electrons. The SMILES string of the molecule is CC(=NCC(=O)c1ccc(C(=O)O)c([N+](=O)[O-])c1)c1nn(C)c(-c2ccc(C)cc2)c1O.CC(=NCC(=O)c1ccc(C(=O)O)s1)c1nn(C)c(-c2ccc(Cl)c(Cl)c2)c1O.COC(=O)c1ccc(C(=O)CN=C(C)c2nn(C)c(-c3ccc(C)cc3)c2O)cc1[N+](=O)[O-].COC(=O)c1ccc(C(=O)CN=C(C)c2nn(C)c(-c3ccc(Cl)c(Cl)c3)c2O)s1. The van der Waals surface area contributed by atoms with Gasteiger partial charge in [-0.1, -0.05) is 118 Å². The summed E-state index contributed by atoms with van der Waals surface area (Å²) >= 11 is 26.0. The number of halogens is 4. The van der Waals surface area contributed by atoms with Gasteiger partial charge in [-0.2, -0.15) is 20.4 Å². The highest BCUT2D eigenvalue weighted by Gasteiger charge is 2.29. The second kappa shape index (κ2) is 41.0. The average molecular weight is 1810 g/mol. The van der Waals surface area contributed by atoms with Crippen LogP contribution in [0, 0.1) is 34.1 Å². The average Bonchev–Trinajstić information content (AvgIpc) is 1.66. The highest BCUT2D eigenvalue weighted by molar-refractivity contribution is 7.16. The van der Waals surface area contributed by atoms with Crippen LogP contribution >= 0.6 is 69.1 Å². The summed E-state index contributed by atoms with van der Waals surface area (Å²) in [6.45, 7) is 9.38. The number of hydrogen-bond acceptors (Lipinski definition) is 28. The molecule has 0 bridgehead atoms. The van der Waals surface area contributed by atoms with E-state index < -0.39 is 62.2 Å². The van der Waals surface area contributed by atoms with Crippen LogP contribution in [0.15, 0.2) is 166 Å². The van der Waals surface area contributed by atoms with E-state index in [1.807, 2.05) is 62.4 Å². The summed E-state index contributed by atoms with van der Waals surface area (Å²) in [7, 11) is 9.11. The van der Waals surface area contributed by atoms with Crippen molar-refractivity contribution in [1.82, 2.24) is 39.1 Å². The molecule has 0 saturated heterocycles. The van der Waals surface area contributed by atoms with Crippen LogP contribution in [0.2, 0.25) is 20.1 Å². The first-order valence-corrected chi connectivity index (χ1v) is 39.5. The van der Waals surface area contributed by atoms with E-state index in [4.69, 9.17) is 56.6 Å². The highest BCUT2D eigenvalue weighted by Crippen LogP contribution is 2.40. The van der Waals surface area contributed by atoms with Crippen LogP contribution in [0.3, 0.4) is 0 Å². The number of carboxylic acid groups (broad SMARTS) is 2. The Kier molecular flexibility index (Phi) is 31.0. The van der Waals surface area contributed by atoms with Crippen molar-refractivity contribution in [1.29, 1.82) is 0 Å². The van der Waals surface area contributed by atoms with E-state index in [0.29, 0.717) is 91.5 Å². The smallest absolute Gasteiger partial charge is 0.348 e. The maximum absolute atomic E-state index is 12.6. The predicted molar refractivity (Wildman–Crippen MR) is 468 cm³/mol. The summed E-state index contributed by atoms with van der Waals surface area (Å²) in [4.78, 5) is 134. The Balaban J connectivity index is 0.000000188. The topological polar surface area (TPSA) is 483 Å². The normalized spacial score (nSPS) is 11.5. The van der Waals surface area contributed by atoms with Gasteiger partial charge in [0, 0.05) is 73.7 Å². The lowest BCUT2D eigenvalue weighted by Crippen LogP contribution is -2.10. The van der Waals surface area contributed by atoms with Crippen LogP contribution in [0.4, 0.5) is 11.4 Å². The number of methoxy groups -OCH3 is 2. The van der Waals surface area contributed by atoms with Crippen molar-refractivity contribution in [3.8, 4) is 68.0 Å². The molecule has 12 rings (SSSR count). The minimum Gasteiger partial charge on any atom is -0.504 e. The fourth-order valence-electron chi connectivity index (χ4n) is 11.9. The van der Waals surface area contributed by atoms with Gasteiger partial charge in [-0.15, -0.1) is 22.7 Å². The maximum Gasteiger partial charge on any atom is 0.348 e. The number of nitro groups is 2. The maximum atomic E-state index is 12.6. The van der Waals surface area contributed by atoms with Crippen molar-refractivity contribution >= 4 is 150 Å². The van der Waals surface area contributed by atoms with Crippen LogP contribution in [0.25, 0.3) is 45.0 Å². The van der Waals surface area contributed by atoms with Crippen LogP contribution < -0.4 is 0 Å². The minimum atomic E-state index is -1.46. The van der Waals surface area contributed by atoms with Gasteiger partial charge in [-0.05, 0) is 114 Å². The molecule has 6 aromatic carbocycles. The lowest BCUT2D eigenvalue weighted by Gasteiger charge is -2.04. The first kappa shape index (κ1) is 93.8. The van der Waals surface area contributed by atoms with Gasteiger partial charge in [0.15, 0.2) is 46.1 Å². The molecule has 12 aromatic rings. The van der Waals surface area contributed by atoms with Crippen molar-refractivity contribution in [2.45, 2.75) is 41.5 Å². The van der Waals surface area contributed by atoms with E-state index in [1.54, 1.807) is 98.4 Å². The molecular formula is C84H74Cl4N14O20S2. The van der Waals surface area contributed by atoms with Gasteiger partial charge in [0.1, 0.15) is 92.6 Å². The van der Waals surface area contributed by atoms with Crippen LogP contribution in [-0.4, -0.2) is 190 Å². The fourth-order valence-corrected chi connectivity index (χ4v) is 14.1. The summed E-state index contributed by atoms with van der Waals surface area (Å²) in [5, 5.41) is 102. The zero-order valence-electron chi connectivity index (χ0n) is 67.7. The van der Waals surface area contributed by atoms with Gasteiger partial charge in [0.2, 0.25) is 0 Å². The summed E-state index contributed by atoms with van der Waals surface area (Å²) in [6, 6.07) is 37.7. The standard InChI is InChI=1S/C23H22N4O6.C22H20N4O6.C20H17Cl2N3O4S.C19H15Cl2N3O4S/c1-13-5-7-15(8-6-13)21-22(29)20(25-26(21)3)14(2)24-12-19(28)16-9-10-17(23(30)33-4)18(11-16)27(31)32;1-12-4-6-14(7-5-12)20-21(28)19(24-25(20)3)13(2)23-11-18(27)15-8-9-16(22(29)30)17(10-15)26(31)32;1-10(23-9-14(26)15-6-7-16(30-15)20(28)29-3)17-19(27)18(25(2)24-17)11-4-5-12(21)13(22)8-11;1-9(22-8-13(25)14-5-6-15(29-14)19(27)28)16-18(26)17(24(2)23-16)10-3-4-11(20)12(21)7-10/h5-11,29H,12H2,1-4H3;4-10,28H,11H2,1-3H3,(H,29,30);4-8,27H,9H2,1-3H3;3-7,26H,8H2,1-2H3,(H,27,28). The predicted octanol–water partition coefficient (Wildman–Crippen LogP) is 16.1. The Labute approximate surface area is 732 Å². The van der Waals surface area contributed by atoms with Crippen LogP contribution in [0.1, 0.15) is 142 Å². The number of ketones is 4. The molecule has 0 unspecified atom stereocenters. The van der Waals surface area contributed by atoms with Crippen molar-refractivity contribution in [3.63, 3.8) is 0 Å². The van der Waals surface area contributed by atoms with E-state index in [2.05, 4.69) is 49.8 Å². The molecule has 40 heteroatoms. The largest absolute Gasteiger partial charge is 0.504 e. The number of Topliss-reactive ketones (excluding diaryl/α,β-unsaturated/α-hetero) is 4. The second-order valence-electron chi connectivity index (χ2n) is 26.9. The molecule has 0 spiro atoms. The molecule has 124 heavy (non-hydrogen) atoms. The zero-order valence-corrected chi connectivity index (χ0v) is 72.3. The number of aromatic hydroxyl groups is 4. The van der Waals surface area contributed by atoms with Gasteiger partial charge in [0.05, 0.1) is 76.8 Å². The monoisotopic (exact) mass is 1800 g/mol. The number of nitro benzene ring substituents is 2. The first-order valence-electron chi connectivity index (χ1n) is 36.3. The van der Waals surface area contributed by atoms with E-state index >= 15 is 0 Å². The highest BCUT2D eigenvalue weighted by atomic mass is 35.5. The van der Waals surface area contributed by atoms with Gasteiger partial charge in [-0.3, -0.25) is 78.1 Å². The number of carboxylic acids is 2. The number of carbonyl (C=O) groups is 8. The zero-order chi connectivity index (χ0) is 91.2. The number of rotatable bonds is 26. The number of esters is 2. The van der Waals surface area contributed by atoms with Gasteiger partial charge >= 0.3 is 23.9 Å². The van der Waals surface area contributed by atoms with E-state index in [0.717, 1.165) is 70.2 Å². The number of aryl methyl sites for hydroxylation is 6. The Morgan fingerprint density at radius 2 is 0.685 bits per heavy atom. The van der Waals surface area contributed by atoms with Gasteiger partial charge in [0.25, 0.3) is 11.4 Å². The first-order chi connectivity index (χ1) is 58.6. The summed E-state index contributed by atoms with van der Waals surface area (Å²) in [6.07, 6.45) is 0. The molecule has 34 nitrogen and oxygen atoms in total. The van der Waals surface area contributed by atoms with Crippen molar-refractivity contribution in [2.24, 2.45) is 48.2 Å². The van der Waals surface area contributed by atoms with E-state index in [1.165, 1.54) is 62.2 Å². The third-order valence-electron chi connectivity index (χ3n) is 18.4. The molecule has 0 saturated carbocycles. The Bertz CT molecular complexity index is 6370. The van der Waals surface area contributed by atoms with Gasteiger partial charge in [-0.25, -0.2) is 19.2 Å². The molecule has 0 fully saturated rings. The Hall–Kier alpha value is -14.0. The number of nitrogens with zero attached hydrogens (tertiary/aromatic N) is 14. The summed E-state index contributed by atoms with van der Waals surface area (Å²) < 4.78 is 15.2. The third kappa shape index (κ3) is 22.2. The van der Waals surface area contributed by atoms with Crippen LogP contribution in [-0.2, 0) is 37.7 Å². The number of aromatic nitrogens is 8. The van der Waals surface area contributed by atoms with Gasteiger partial charge < -0.3 is 40.1 Å². The molecule has 6 N–H and O–H groups in total. The number of thiophene rings is 2. The fraction of sp³-hybridized carbons (Fsp3) is 0.190. The van der Waals surface area contributed by atoms with E-state index in [-0.39, 0.29) is 105 Å². The molecule has 6 heterocycles. The molecule has 0 aliphatic rings. The molecule has 0 radical (unpaired) electrons. The van der Waals surface area contributed by atoms with Crippen LogP contribution in [0.5, 0.6) is 23.0 Å². The number of aliphatic imine (C=N–C) groups is 4. The number of carbonyl (C=O) groups excluding carboxylic acids is 6. The lowest BCUT2D eigenvalue weighted by atomic mass is 10.1. The number of aromatic carboxylic acids is 2.